The zero-order valence-corrected chi connectivity index (χ0v) is 24.0. The Morgan fingerprint density at radius 1 is 0.977 bits per heavy atom. The molecule has 44 heavy (non-hydrogen) atoms. The highest BCUT2D eigenvalue weighted by molar-refractivity contribution is 6.31. The summed E-state index contributed by atoms with van der Waals surface area (Å²) in [5, 5.41) is 7.29. The smallest absolute Gasteiger partial charge is 0.303 e. The highest BCUT2D eigenvalue weighted by Gasteiger charge is 2.55. The molecule has 11 heteroatoms. The molecule has 2 aromatic carbocycles. The number of pyridine rings is 1. The highest BCUT2D eigenvalue weighted by Crippen LogP contribution is 2.60. The number of aromatic nitrogens is 4. The van der Waals surface area contributed by atoms with Gasteiger partial charge in [0, 0.05) is 46.0 Å². The lowest BCUT2D eigenvalue weighted by molar-refractivity contribution is -0.141. The van der Waals surface area contributed by atoms with Crippen molar-refractivity contribution in [3.63, 3.8) is 0 Å². The number of benzene rings is 2. The Morgan fingerprint density at radius 2 is 1.82 bits per heavy atom. The fourth-order valence-electron chi connectivity index (χ4n) is 7.05. The number of hydrogen-bond donors (Lipinski definition) is 0. The van der Waals surface area contributed by atoms with Crippen LogP contribution < -0.4 is 5.56 Å². The number of rotatable bonds is 4. The van der Waals surface area contributed by atoms with Crippen LogP contribution in [-0.2, 0) is 19.0 Å². The molecule has 4 aromatic rings. The summed E-state index contributed by atoms with van der Waals surface area (Å²) in [7, 11) is 0. The lowest BCUT2D eigenvalue weighted by Crippen LogP contribution is -2.29. The SMILES string of the molecule is C=C1CCc2cc(C3=C(F)N=C(C4C5CC5c5cc(-c6cc(Cl)ccc6-n6cc(C(F)(F)F)nn6)cc(=O)n54)C3)ccc2C1. The normalized spacial score (nSPS) is 22.2. The van der Waals surface area contributed by atoms with Gasteiger partial charge in [-0.15, -0.1) is 5.10 Å². The third-order valence-electron chi connectivity index (χ3n) is 9.23. The topological polar surface area (TPSA) is 65.1 Å². The molecule has 222 valence electrons. The quantitative estimate of drug-likeness (QED) is 0.134. The largest absolute Gasteiger partial charge is 0.436 e. The van der Waals surface area contributed by atoms with Crippen molar-refractivity contribution in [1.82, 2.24) is 19.6 Å². The Morgan fingerprint density at radius 3 is 2.61 bits per heavy atom. The fraction of sp³-hybridized carbons (Fsp3) is 0.273. The fourth-order valence-corrected chi connectivity index (χ4v) is 7.22. The molecule has 4 aliphatic rings. The molecule has 0 amide bonds. The first-order valence-electron chi connectivity index (χ1n) is 14.4. The minimum atomic E-state index is -4.65. The first kappa shape index (κ1) is 27.3. The van der Waals surface area contributed by atoms with Gasteiger partial charge in [0.2, 0.25) is 5.95 Å². The van der Waals surface area contributed by atoms with Gasteiger partial charge in [-0.3, -0.25) is 4.79 Å². The van der Waals surface area contributed by atoms with E-state index in [1.165, 1.54) is 22.8 Å². The van der Waals surface area contributed by atoms with E-state index < -0.39 is 17.8 Å². The average molecular weight is 618 g/mol. The number of nitrogens with zero attached hydrogens (tertiary/aromatic N) is 5. The Kier molecular flexibility index (Phi) is 5.94. The van der Waals surface area contributed by atoms with Gasteiger partial charge in [0.1, 0.15) is 0 Å². The van der Waals surface area contributed by atoms with Crippen molar-refractivity contribution in [3.05, 3.63) is 116 Å². The molecular formula is C33H24ClF4N5O. The van der Waals surface area contributed by atoms with Crippen LogP contribution in [0.3, 0.4) is 0 Å². The minimum Gasteiger partial charge on any atom is -0.303 e. The van der Waals surface area contributed by atoms with Gasteiger partial charge in [-0.25, -0.2) is 9.67 Å². The van der Waals surface area contributed by atoms with Crippen molar-refractivity contribution in [2.45, 2.75) is 50.2 Å². The Bertz CT molecular complexity index is 2040. The van der Waals surface area contributed by atoms with E-state index in [2.05, 4.69) is 34.0 Å². The molecule has 0 N–H and O–H groups in total. The zero-order chi connectivity index (χ0) is 30.5. The molecule has 0 radical (unpaired) electrons. The van der Waals surface area contributed by atoms with E-state index in [1.807, 2.05) is 12.1 Å². The lowest BCUT2D eigenvalue weighted by atomic mass is 9.86. The van der Waals surface area contributed by atoms with Gasteiger partial charge in [0.05, 0.1) is 17.9 Å². The van der Waals surface area contributed by atoms with Crippen molar-refractivity contribution in [1.29, 1.82) is 0 Å². The van der Waals surface area contributed by atoms with Crippen molar-refractivity contribution in [2.24, 2.45) is 10.9 Å². The van der Waals surface area contributed by atoms with Gasteiger partial charge in [-0.2, -0.15) is 17.6 Å². The maximum Gasteiger partial charge on any atom is 0.436 e. The lowest BCUT2D eigenvalue weighted by Gasteiger charge is -2.20. The summed E-state index contributed by atoms with van der Waals surface area (Å²) >= 11 is 6.29. The van der Waals surface area contributed by atoms with Crippen molar-refractivity contribution >= 4 is 22.9 Å². The number of fused-ring (bicyclic) bond motifs is 4. The van der Waals surface area contributed by atoms with Crippen LogP contribution >= 0.6 is 11.6 Å². The molecule has 2 aromatic heterocycles. The molecule has 2 aliphatic heterocycles. The number of halogens is 5. The molecule has 1 saturated carbocycles. The van der Waals surface area contributed by atoms with Crippen molar-refractivity contribution < 1.29 is 17.6 Å². The number of allylic oxidation sites excluding steroid dienone is 2. The molecular weight excluding hydrogens is 594 g/mol. The molecule has 0 bridgehead atoms. The summed E-state index contributed by atoms with van der Waals surface area (Å²) in [6, 6.07) is 13.7. The standard InChI is InChI=1S/C33H24ClF4N5O/c1-16-2-3-18-9-19(5-4-17(18)8-16)23-14-26(39-32(23)35)31-25-13-24(25)28-10-20(11-30(44)43(28)31)22-12-21(34)6-7-27(22)42-15-29(40-41-42)33(36,37)38/h4-7,9-12,15,24-25,31H,1-3,8,13-14H2. The molecule has 4 heterocycles. The summed E-state index contributed by atoms with van der Waals surface area (Å²) in [5.74, 6) is -0.280. The molecule has 0 spiro atoms. The summed E-state index contributed by atoms with van der Waals surface area (Å²) < 4.78 is 57.8. The van der Waals surface area contributed by atoms with Gasteiger partial charge >= 0.3 is 6.18 Å². The Hall–Kier alpha value is -4.31. The first-order valence-corrected chi connectivity index (χ1v) is 14.7. The number of aliphatic imine (C=N–C) groups is 1. The van der Waals surface area contributed by atoms with Crippen LogP contribution in [0.2, 0.25) is 5.02 Å². The summed E-state index contributed by atoms with van der Waals surface area (Å²) in [6.07, 6.45) is -0.0302. The Labute approximate surface area is 254 Å². The molecule has 1 fully saturated rings. The van der Waals surface area contributed by atoms with Gasteiger partial charge in [0.25, 0.3) is 5.56 Å². The molecule has 6 nitrogen and oxygen atoms in total. The van der Waals surface area contributed by atoms with E-state index in [0.29, 0.717) is 39.5 Å². The summed E-state index contributed by atoms with van der Waals surface area (Å²) in [4.78, 5) is 18.1. The Balaban J connectivity index is 1.12. The van der Waals surface area contributed by atoms with Gasteiger partial charge < -0.3 is 4.57 Å². The van der Waals surface area contributed by atoms with Crippen LogP contribution in [0.5, 0.6) is 0 Å². The van der Waals surface area contributed by atoms with E-state index in [4.69, 9.17) is 11.6 Å². The molecule has 0 saturated heterocycles. The van der Waals surface area contributed by atoms with E-state index in [-0.39, 0.29) is 23.4 Å². The molecule has 3 atom stereocenters. The van der Waals surface area contributed by atoms with E-state index >= 15 is 4.39 Å². The highest BCUT2D eigenvalue weighted by atomic mass is 35.5. The third-order valence-corrected chi connectivity index (χ3v) is 9.47. The minimum absolute atomic E-state index is 0.102. The number of aryl methyl sites for hydroxylation is 1. The molecule has 2 aliphatic carbocycles. The number of hydrogen-bond acceptors (Lipinski definition) is 4. The first-order chi connectivity index (χ1) is 21.0. The van der Waals surface area contributed by atoms with E-state index in [0.717, 1.165) is 47.8 Å². The predicted octanol–water partition coefficient (Wildman–Crippen LogP) is 7.65. The monoisotopic (exact) mass is 617 g/mol. The van der Waals surface area contributed by atoms with Crippen molar-refractivity contribution in [2.75, 3.05) is 0 Å². The van der Waals surface area contributed by atoms with Crippen molar-refractivity contribution in [3.8, 4) is 16.8 Å². The van der Waals surface area contributed by atoms with Crippen LogP contribution in [0.25, 0.3) is 22.4 Å². The van der Waals surface area contributed by atoms with E-state index in [9.17, 15) is 18.0 Å². The summed E-state index contributed by atoms with van der Waals surface area (Å²) in [5.41, 5.74) is 6.26. The van der Waals surface area contributed by atoms with Gasteiger partial charge in [0.15, 0.2) is 5.69 Å². The van der Waals surface area contributed by atoms with Crippen LogP contribution in [0, 0.1) is 5.92 Å². The van der Waals surface area contributed by atoms with Gasteiger partial charge in [-0.1, -0.05) is 47.2 Å². The summed E-state index contributed by atoms with van der Waals surface area (Å²) in [6.45, 7) is 4.10. The van der Waals surface area contributed by atoms with Crippen LogP contribution in [0.4, 0.5) is 17.6 Å². The number of alkyl halides is 3. The predicted molar refractivity (Wildman–Crippen MR) is 159 cm³/mol. The van der Waals surface area contributed by atoms with E-state index in [1.54, 1.807) is 22.8 Å². The molecule has 3 unspecified atom stereocenters. The third kappa shape index (κ3) is 4.37. The van der Waals surface area contributed by atoms with Crippen LogP contribution in [0.1, 0.15) is 59.3 Å². The average Bonchev–Trinajstić information content (AvgIpc) is 3.28. The second-order valence-corrected chi connectivity index (χ2v) is 12.4. The second kappa shape index (κ2) is 9.59. The maximum atomic E-state index is 15.4. The zero-order valence-electron chi connectivity index (χ0n) is 23.2. The van der Waals surface area contributed by atoms with Gasteiger partial charge in [-0.05, 0) is 78.1 Å². The maximum absolute atomic E-state index is 15.4. The second-order valence-electron chi connectivity index (χ2n) is 12.0. The molecule has 8 rings (SSSR count). The van der Waals surface area contributed by atoms with Crippen LogP contribution in [-0.4, -0.2) is 25.3 Å². The van der Waals surface area contributed by atoms with Crippen LogP contribution in [0.15, 0.2) is 82.6 Å².